The molecule has 0 radical (unpaired) electrons. The Morgan fingerprint density at radius 1 is 1.20 bits per heavy atom. The van der Waals surface area contributed by atoms with Crippen LogP contribution in [0.15, 0.2) is 46.9 Å². The summed E-state index contributed by atoms with van der Waals surface area (Å²) in [6.45, 7) is 4.82. The number of nitrogens with two attached hydrogens (primary N) is 1. The summed E-state index contributed by atoms with van der Waals surface area (Å²) in [7, 11) is 0. The summed E-state index contributed by atoms with van der Waals surface area (Å²) >= 11 is 3.60. The average Bonchev–Trinajstić information content (AvgIpc) is 2.43. The number of anilines is 2. The van der Waals surface area contributed by atoms with Crippen molar-refractivity contribution in [2.45, 2.75) is 19.9 Å². The third kappa shape index (κ3) is 3.19. The summed E-state index contributed by atoms with van der Waals surface area (Å²) < 4.78 is 14.0. The molecular formula is C16H18BrFN2. The smallest absolute Gasteiger partial charge is 0.123 e. The minimum absolute atomic E-state index is 0.00116. The topological polar surface area (TPSA) is 29.3 Å². The van der Waals surface area contributed by atoms with Crippen LogP contribution < -0.4 is 10.6 Å². The van der Waals surface area contributed by atoms with Gasteiger partial charge >= 0.3 is 0 Å². The van der Waals surface area contributed by atoms with Crippen molar-refractivity contribution in [3.63, 3.8) is 0 Å². The van der Waals surface area contributed by atoms with E-state index >= 15 is 0 Å². The van der Waals surface area contributed by atoms with Gasteiger partial charge in [-0.3, -0.25) is 0 Å². The van der Waals surface area contributed by atoms with Gasteiger partial charge in [-0.1, -0.05) is 6.07 Å². The predicted molar refractivity (Wildman–Crippen MR) is 85.8 cm³/mol. The quantitative estimate of drug-likeness (QED) is 0.871. The summed E-state index contributed by atoms with van der Waals surface area (Å²) in [4.78, 5) is 2.12. The summed E-state index contributed by atoms with van der Waals surface area (Å²) in [5, 5.41) is 0. The molecule has 0 saturated heterocycles. The fourth-order valence-electron chi connectivity index (χ4n) is 2.14. The van der Waals surface area contributed by atoms with Gasteiger partial charge in [0.25, 0.3) is 0 Å². The maximum absolute atomic E-state index is 13.0. The third-order valence-electron chi connectivity index (χ3n) is 3.24. The van der Waals surface area contributed by atoms with E-state index in [-0.39, 0.29) is 11.9 Å². The molecule has 2 nitrogen and oxygen atoms in total. The molecule has 2 aromatic rings. The van der Waals surface area contributed by atoms with Gasteiger partial charge in [0, 0.05) is 22.7 Å². The lowest BCUT2D eigenvalue weighted by Gasteiger charge is -2.25. The first kappa shape index (κ1) is 15.0. The average molecular weight is 337 g/mol. The van der Waals surface area contributed by atoms with Crippen LogP contribution in [-0.4, -0.2) is 6.54 Å². The molecule has 0 aliphatic heterocycles. The normalized spacial score (nSPS) is 12.2. The fourth-order valence-corrected chi connectivity index (χ4v) is 2.75. The molecule has 2 aromatic carbocycles. The van der Waals surface area contributed by atoms with Crippen LogP contribution in [0.5, 0.6) is 0 Å². The van der Waals surface area contributed by atoms with Crippen molar-refractivity contribution in [1.29, 1.82) is 0 Å². The first-order chi connectivity index (χ1) is 9.52. The lowest BCUT2D eigenvalue weighted by molar-refractivity contribution is 0.628. The Balaban J connectivity index is 2.39. The number of benzene rings is 2. The second-order valence-corrected chi connectivity index (χ2v) is 5.57. The van der Waals surface area contributed by atoms with Crippen LogP contribution in [0.4, 0.5) is 15.8 Å². The number of nitrogens with zero attached hydrogens (tertiary/aromatic N) is 1. The van der Waals surface area contributed by atoms with E-state index in [2.05, 4.69) is 27.8 Å². The molecule has 0 bridgehead atoms. The highest BCUT2D eigenvalue weighted by molar-refractivity contribution is 9.10. The van der Waals surface area contributed by atoms with Crippen molar-refractivity contribution in [2.75, 3.05) is 11.4 Å². The van der Waals surface area contributed by atoms with Crippen LogP contribution in [0.25, 0.3) is 0 Å². The van der Waals surface area contributed by atoms with Gasteiger partial charge in [-0.25, -0.2) is 4.39 Å². The molecule has 1 atom stereocenters. The second kappa shape index (κ2) is 6.37. The van der Waals surface area contributed by atoms with E-state index < -0.39 is 0 Å². The highest BCUT2D eigenvalue weighted by Crippen LogP contribution is 2.33. The molecule has 1 unspecified atom stereocenters. The molecule has 2 N–H and O–H groups in total. The number of hydrogen-bond donors (Lipinski definition) is 1. The molecule has 4 heteroatoms. The van der Waals surface area contributed by atoms with Crippen LogP contribution >= 0.6 is 15.9 Å². The standard InChI is InChI=1S/C16H18BrFN2/c1-3-20(14-7-5-13(18)6-8-14)16-9-4-12(11(2)19)10-15(16)17/h4-11H,3,19H2,1-2H3. The highest BCUT2D eigenvalue weighted by Gasteiger charge is 2.12. The minimum atomic E-state index is -0.226. The summed E-state index contributed by atoms with van der Waals surface area (Å²) in [5.41, 5.74) is 8.98. The van der Waals surface area contributed by atoms with Crippen LogP contribution in [-0.2, 0) is 0 Å². The van der Waals surface area contributed by atoms with Crippen LogP contribution in [0.2, 0.25) is 0 Å². The molecule has 106 valence electrons. The molecule has 0 aromatic heterocycles. The van der Waals surface area contributed by atoms with Gasteiger partial charge < -0.3 is 10.6 Å². The molecule has 0 amide bonds. The number of halogens is 2. The van der Waals surface area contributed by atoms with Crippen LogP contribution in [0.3, 0.4) is 0 Å². The van der Waals surface area contributed by atoms with Gasteiger partial charge in [0.1, 0.15) is 5.82 Å². The van der Waals surface area contributed by atoms with Gasteiger partial charge in [-0.15, -0.1) is 0 Å². The number of hydrogen-bond acceptors (Lipinski definition) is 2. The van der Waals surface area contributed by atoms with E-state index in [1.54, 1.807) is 12.1 Å². The first-order valence-corrected chi connectivity index (χ1v) is 7.40. The van der Waals surface area contributed by atoms with Crippen LogP contribution in [0, 0.1) is 5.82 Å². The van der Waals surface area contributed by atoms with Crippen molar-refractivity contribution < 1.29 is 4.39 Å². The zero-order valence-electron chi connectivity index (χ0n) is 11.6. The van der Waals surface area contributed by atoms with Crippen molar-refractivity contribution >= 4 is 27.3 Å². The summed E-state index contributed by atoms with van der Waals surface area (Å²) in [6, 6.07) is 12.6. The predicted octanol–water partition coefficient (Wildman–Crippen LogP) is 4.77. The molecule has 0 aliphatic rings. The number of rotatable bonds is 4. The molecule has 20 heavy (non-hydrogen) atoms. The van der Waals surface area contributed by atoms with E-state index in [1.165, 1.54) is 12.1 Å². The maximum atomic E-state index is 13.0. The molecule has 0 aliphatic carbocycles. The van der Waals surface area contributed by atoms with Crippen LogP contribution in [0.1, 0.15) is 25.5 Å². The van der Waals surface area contributed by atoms with Crippen molar-refractivity contribution in [3.8, 4) is 0 Å². The third-order valence-corrected chi connectivity index (χ3v) is 3.88. The van der Waals surface area contributed by atoms with Gasteiger partial charge in [-0.2, -0.15) is 0 Å². The molecule has 2 rings (SSSR count). The van der Waals surface area contributed by atoms with E-state index in [0.717, 1.165) is 28.0 Å². The van der Waals surface area contributed by atoms with E-state index in [4.69, 9.17) is 5.73 Å². The Bertz CT molecular complexity index is 582. The van der Waals surface area contributed by atoms with E-state index in [9.17, 15) is 4.39 Å². The maximum Gasteiger partial charge on any atom is 0.123 e. The Morgan fingerprint density at radius 3 is 2.35 bits per heavy atom. The van der Waals surface area contributed by atoms with Gasteiger partial charge in [0.15, 0.2) is 0 Å². The Labute approximate surface area is 127 Å². The summed E-state index contributed by atoms with van der Waals surface area (Å²) in [6.07, 6.45) is 0. The molecule has 0 spiro atoms. The van der Waals surface area contributed by atoms with Gasteiger partial charge in [-0.05, 0) is 71.7 Å². The molecule has 0 fully saturated rings. The van der Waals surface area contributed by atoms with Crippen molar-refractivity contribution in [2.24, 2.45) is 5.73 Å². The van der Waals surface area contributed by atoms with Crippen molar-refractivity contribution in [3.05, 3.63) is 58.3 Å². The molecule has 0 heterocycles. The van der Waals surface area contributed by atoms with Gasteiger partial charge in [0.2, 0.25) is 0 Å². The van der Waals surface area contributed by atoms with E-state index in [1.807, 2.05) is 25.1 Å². The highest BCUT2D eigenvalue weighted by atomic mass is 79.9. The Morgan fingerprint density at radius 2 is 1.85 bits per heavy atom. The lowest BCUT2D eigenvalue weighted by Crippen LogP contribution is -2.17. The second-order valence-electron chi connectivity index (χ2n) is 4.72. The largest absolute Gasteiger partial charge is 0.341 e. The molecule has 0 saturated carbocycles. The van der Waals surface area contributed by atoms with E-state index in [0.29, 0.717) is 0 Å². The lowest BCUT2D eigenvalue weighted by atomic mass is 10.1. The summed E-state index contributed by atoms with van der Waals surface area (Å²) in [5.74, 6) is -0.226. The Hall–Kier alpha value is -1.39. The fraction of sp³-hybridized carbons (Fsp3) is 0.250. The Kier molecular flexibility index (Phi) is 4.78. The first-order valence-electron chi connectivity index (χ1n) is 6.61. The monoisotopic (exact) mass is 336 g/mol. The molecular weight excluding hydrogens is 319 g/mol. The zero-order valence-corrected chi connectivity index (χ0v) is 13.2. The van der Waals surface area contributed by atoms with Gasteiger partial charge in [0.05, 0.1) is 5.69 Å². The zero-order chi connectivity index (χ0) is 14.7. The SMILES string of the molecule is CCN(c1ccc(F)cc1)c1ccc(C(C)N)cc1Br. The minimum Gasteiger partial charge on any atom is -0.341 e. The van der Waals surface area contributed by atoms with Crippen molar-refractivity contribution in [1.82, 2.24) is 0 Å².